The van der Waals surface area contributed by atoms with Crippen LogP contribution in [0.2, 0.25) is 0 Å². The van der Waals surface area contributed by atoms with Crippen LogP contribution in [0.15, 0.2) is 22.1 Å². The van der Waals surface area contributed by atoms with Crippen molar-refractivity contribution >= 4 is 17.6 Å². The zero-order valence-electron chi connectivity index (χ0n) is 12.4. The van der Waals surface area contributed by atoms with Gasteiger partial charge in [-0.05, 0) is 44.2 Å². The van der Waals surface area contributed by atoms with Gasteiger partial charge in [0, 0.05) is 0 Å². The number of guanidine groups is 2. The van der Waals surface area contributed by atoms with Gasteiger partial charge in [-0.2, -0.15) is 4.99 Å². The Labute approximate surface area is 127 Å². The smallest absolute Gasteiger partial charge is 0.220 e. The molecule has 5 nitrogen and oxygen atoms in total. The molecule has 1 aliphatic carbocycles. The monoisotopic (exact) mass is 307 g/mol. The van der Waals surface area contributed by atoms with Crippen LogP contribution in [0.25, 0.3) is 0 Å². The van der Waals surface area contributed by atoms with Crippen molar-refractivity contribution in [3.63, 3.8) is 0 Å². The molecule has 0 aromatic heterocycles. The molecule has 1 saturated carbocycles. The molecule has 4 N–H and O–H groups in total. The number of nitrogens with zero attached hydrogens (tertiary/aromatic N) is 3. The van der Waals surface area contributed by atoms with Crippen LogP contribution in [0.1, 0.15) is 37.7 Å². The van der Waals surface area contributed by atoms with E-state index in [1.807, 2.05) is 0 Å². The molecule has 1 spiro atoms. The third kappa shape index (κ3) is 2.20. The van der Waals surface area contributed by atoms with E-state index in [1.165, 1.54) is 24.0 Å². The van der Waals surface area contributed by atoms with Crippen LogP contribution in [0.5, 0.6) is 0 Å². The summed E-state index contributed by atoms with van der Waals surface area (Å²) in [6, 6.07) is 3.04. The Morgan fingerprint density at radius 3 is 2.45 bits per heavy atom. The summed E-state index contributed by atoms with van der Waals surface area (Å²) >= 11 is 0. The fourth-order valence-corrected chi connectivity index (χ4v) is 3.28. The number of rotatable bonds is 1. The van der Waals surface area contributed by atoms with Crippen LogP contribution in [0, 0.1) is 18.6 Å². The first-order valence-electron chi connectivity index (χ1n) is 7.39. The van der Waals surface area contributed by atoms with Crippen molar-refractivity contribution in [3.05, 3.63) is 29.3 Å². The minimum Gasteiger partial charge on any atom is -0.369 e. The second kappa shape index (κ2) is 5.23. The lowest BCUT2D eigenvalue weighted by molar-refractivity contribution is 0.303. The molecule has 0 amide bonds. The zero-order valence-corrected chi connectivity index (χ0v) is 12.4. The second-order valence-corrected chi connectivity index (χ2v) is 5.85. The van der Waals surface area contributed by atoms with E-state index in [2.05, 4.69) is 9.98 Å². The van der Waals surface area contributed by atoms with Crippen molar-refractivity contribution in [1.82, 2.24) is 0 Å². The predicted octanol–water partition coefficient (Wildman–Crippen LogP) is 2.38. The van der Waals surface area contributed by atoms with Gasteiger partial charge in [-0.3, -0.25) is 4.90 Å². The highest BCUT2D eigenvalue weighted by molar-refractivity contribution is 6.05. The molecule has 1 aromatic carbocycles. The maximum Gasteiger partial charge on any atom is 0.220 e. The summed E-state index contributed by atoms with van der Waals surface area (Å²) in [6.45, 7) is 1.52. The van der Waals surface area contributed by atoms with E-state index in [4.69, 9.17) is 11.5 Å². The zero-order chi connectivity index (χ0) is 15.9. The first-order valence-corrected chi connectivity index (χ1v) is 7.39. The van der Waals surface area contributed by atoms with E-state index in [9.17, 15) is 8.78 Å². The maximum atomic E-state index is 14.4. The molecule has 0 unspecified atom stereocenters. The van der Waals surface area contributed by atoms with Crippen molar-refractivity contribution in [2.45, 2.75) is 44.7 Å². The molecule has 1 aromatic rings. The number of nitrogens with two attached hydrogens (primary N) is 2. The van der Waals surface area contributed by atoms with Crippen LogP contribution in [-0.4, -0.2) is 17.6 Å². The molecule has 118 valence electrons. The highest BCUT2D eigenvalue weighted by Crippen LogP contribution is 2.40. The second-order valence-electron chi connectivity index (χ2n) is 5.85. The quantitative estimate of drug-likeness (QED) is 0.836. The summed E-state index contributed by atoms with van der Waals surface area (Å²) in [6.07, 6.45) is 4.29. The molecule has 0 radical (unpaired) electrons. The Morgan fingerprint density at radius 1 is 1.09 bits per heavy atom. The van der Waals surface area contributed by atoms with Crippen LogP contribution in [0.4, 0.5) is 14.5 Å². The van der Waals surface area contributed by atoms with Crippen molar-refractivity contribution in [2.75, 3.05) is 4.90 Å². The topological polar surface area (TPSA) is 80.0 Å². The Morgan fingerprint density at radius 2 is 1.77 bits per heavy atom. The van der Waals surface area contributed by atoms with Crippen LogP contribution in [-0.2, 0) is 0 Å². The highest BCUT2D eigenvalue weighted by Gasteiger charge is 2.43. The SMILES string of the molecule is Cc1ccc(N2C(N)=NC(N)=NC23CCCCC3)c(F)c1F. The average Bonchev–Trinajstić information content (AvgIpc) is 2.47. The van der Waals surface area contributed by atoms with Crippen molar-refractivity contribution in [1.29, 1.82) is 0 Å². The Bertz CT molecular complexity index is 662. The Hall–Kier alpha value is -2.18. The third-order valence-electron chi connectivity index (χ3n) is 4.35. The van der Waals surface area contributed by atoms with Gasteiger partial charge in [-0.1, -0.05) is 12.5 Å². The van der Waals surface area contributed by atoms with Crippen LogP contribution < -0.4 is 16.4 Å². The third-order valence-corrected chi connectivity index (χ3v) is 4.35. The van der Waals surface area contributed by atoms with Gasteiger partial charge in [-0.25, -0.2) is 13.8 Å². The molecule has 1 aliphatic heterocycles. The van der Waals surface area contributed by atoms with E-state index in [1.54, 1.807) is 0 Å². The van der Waals surface area contributed by atoms with E-state index < -0.39 is 17.3 Å². The average molecular weight is 307 g/mol. The lowest BCUT2D eigenvalue weighted by atomic mass is 9.87. The summed E-state index contributed by atoms with van der Waals surface area (Å²) in [5.74, 6) is -1.67. The van der Waals surface area contributed by atoms with Gasteiger partial charge >= 0.3 is 0 Å². The van der Waals surface area contributed by atoms with Gasteiger partial charge in [0.25, 0.3) is 0 Å². The summed E-state index contributed by atoms with van der Waals surface area (Å²) in [5, 5.41) is 0. The lowest BCUT2D eigenvalue weighted by Crippen LogP contribution is -2.58. The molecule has 0 bridgehead atoms. The van der Waals surface area contributed by atoms with E-state index in [0.717, 1.165) is 19.3 Å². The Kier molecular flexibility index (Phi) is 3.50. The molecule has 7 heteroatoms. The van der Waals surface area contributed by atoms with Crippen molar-refractivity contribution in [2.24, 2.45) is 21.5 Å². The van der Waals surface area contributed by atoms with Gasteiger partial charge in [0.15, 0.2) is 11.6 Å². The molecular formula is C15H19F2N5. The van der Waals surface area contributed by atoms with Crippen molar-refractivity contribution < 1.29 is 8.78 Å². The molecule has 0 saturated heterocycles. The lowest BCUT2D eigenvalue weighted by Gasteiger charge is -2.45. The minimum absolute atomic E-state index is 0.0524. The predicted molar refractivity (Wildman–Crippen MR) is 82.6 cm³/mol. The number of halogens is 2. The number of aryl methyl sites for hydroxylation is 1. The van der Waals surface area contributed by atoms with Crippen LogP contribution >= 0.6 is 0 Å². The molecule has 2 aliphatic rings. The summed E-state index contributed by atoms with van der Waals surface area (Å²) < 4.78 is 28.4. The fourth-order valence-electron chi connectivity index (χ4n) is 3.28. The minimum atomic E-state index is -0.932. The standard InChI is InChI=1S/C15H19F2N5/c1-9-5-6-10(12(17)11(9)16)22-14(19)20-13(18)21-15(22)7-3-2-4-8-15/h5-6H,2-4,7-8H2,1H3,(H4,18,19,20,21). The van der Waals surface area contributed by atoms with Gasteiger partial charge < -0.3 is 11.5 Å². The summed E-state index contributed by atoms with van der Waals surface area (Å²) in [5.41, 5.74) is 11.3. The van der Waals surface area contributed by atoms with Gasteiger partial charge in [0.2, 0.25) is 11.9 Å². The molecule has 3 rings (SSSR count). The number of anilines is 1. The number of hydrogen-bond acceptors (Lipinski definition) is 5. The Balaban J connectivity index is 2.14. The van der Waals surface area contributed by atoms with Crippen molar-refractivity contribution in [3.8, 4) is 0 Å². The van der Waals surface area contributed by atoms with E-state index in [0.29, 0.717) is 12.8 Å². The number of hydrogen-bond donors (Lipinski definition) is 2. The molecular weight excluding hydrogens is 288 g/mol. The normalized spacial score (nSPS) is 20.8. The van der Waals surface area contributed by atoms with Crippen LogP contribution in [0.3, 0.4) is 0 Å². The van der Waals surface area contributed by atoms with Gasteiger partial charge in [0.1, 0.15) is 5.66 Å². The number of benzene rings is 1. The first-order chi connectivity index (χ1) is 10.4. The molecule has 0 atom stereocenters. The number of aliphatic imine (C=N–C) groups is 2. The maximum absolute atomic E-state index is 14.4. The summed E-state index contributed by atoms with van der Waals surface area (Å²) in [4.78, 5) is 9.88. The molecule has 22 heavy (non-hydrogen) atoms. The van der Waals surface area contributed by atoms with E-state index in [-0.39, 0.29) is 23.2 Å². The molecule has 1 heterocycles. The molecule has 1 fully saturated rings. The van der Waals surface area contributed by atoms with Gasteiger partial charge in [0.05, 0.1) is 5.69 Å². The van der Waals surface area contributed by atoms with Gasteiger partial charge in [-0.15, -0.1) is 0 Å². The fraction of sp³-hybridized carbons (Fsp3) is 0.467. The highest BCUT2D eigenvalue weighted by atomic mass is 19.2. The van der Waals surface area contributed by atoms with E-state index >= 15 is 0 Å². The summed E-state index contributed by atoms with van der Waals surface area (Å²) in [7, 11) is 0. The first kappa shape index (κ1) is 14.7. The largest absolute Gasteiger partial charge is 0.369 e.